The van der Waals surface area contributed by atoms with Gasteiger partial charge in [0.1, 0.15) is 18.2 Å². The second kappa shape index (κ2) is 6.39. The van der Waals surface area contributed by atoms with Crippen LogP contribution in [-0.4, -0.2) is 34.9 Å². The van der Waals surface area contributed by atoms with E-state index in [-0.39, 0.29) is 0 Å². The summed E-state index contributed by atoms with van der Waals surface area (Å²) in [6.45, 7) is 6.44. The van der Waals surface area contributed by atoms with Crippen molar-refractivity contribution in [2.24, 2.45) is 0 Å². The Morgan fingerprint density at radius 3 is 2.83 bits per heavy atom. The molecular weight excluding hydrogens is 234 g/mol. The Labute approximate surface area is 107 Å². The predicted octanol–water partition coefficient (Wildman–Crippen LogP) is 1.55. The summed E-state index contributed by atoms with van der Waals surface area (Å²) in [7, 11) is 1.63. The average Bonchev–Trinajstić information content (AvgIpc) is 2.64. The molecule has 0 atom stereocenters. The summed E-state index contributed by atoms with van der Waals surface area (Å²) >= 11 is 0. The highest BCUT2D eigenvalue weighted by molar-refractivity contribution is 5.67. The van der Waals surface area contributed by atoms with E-state index in [1.54, 1.807) is 13.3 Å². The zero-order valence-corrected chi connectivity index (χ0v) is 11.4. The summed E-state index contributed by atoms with van der Waals surface area (Å²) in [5.74, 6) is 0.868. The van der Waals surface area contributed by atoms with Crippen molar-refractivity contribution in [2.45, 2.75) is 39.5 Å². The molecule has 6 nitrogen and oxygen atoms in total. The minimum absolute atomic E-state index is 0.410. The van der Waals surface area contributed by atoms with Crippen LogP contribution in [0.15, 0.2) is 12.4 Å². The number of hydrogen-bond donors (Lipinski definition) is 1. The Hall–Kier alpha value is -1.56. The third-order valence-corrected chi connectivity index (χ3v) is 2.09. The number of methoxy groups -OCH3 is 1. The molecule has 0 fully saturated rings. The molecule has 1 aromatic rings. The Balaban J connectivity index is 2.33. The molecule has 18 heavy (non-hydrogen) atoms. The van der Waals surface area contributed by atoms with Crippen molar-refractivity contribution < 1.29 is 14.3 Å². The molecule has 1 rings (SSSR count). The molecule has 0 bridgehead atoms. The van der Waals surface area contributed by atoms with Gasteiger partial charge in [-0.25, -0.2) is 9.78 Å². The maximum absolute atomic E-state index is 11.4. The number of nitrogens with one attached hydrogen (secondary N) is 1. The van der Waals surface area contributed by atoms with Crippen molar-refractivity contribution in [3.8, 4) is 0 Å². The molecule has 0 spiro atoms. The van der Waals surface area contributed by atoms with Crippen LogP contribution in [0.4, 0.5) is 4.79 Å². The number of imidazole rings is 1. The van der Waals surface area contributed by atoms with Crippen LogP contribution in [0.3, 0.4) is 0 Å². The molecule has 1 amide bonds. The van der Waals surface area contributed by atoms with Gasteiger partial charge in [0.25, 0.3) is 0 Å². The van der Waals surface area contributed by atoms with Gasteiger partial charge in [-0.3, -0.25) is 0 Å². The first-order valence-corrected chi connectivity index (χ1v) is 5.88. The van der Waals surface area contributed by atoms with Crippen LogP contribution in [0.5, 0.6) is 0 Å². The first kappa shape index (κ1) is 14.5. The zero-order chi connectivity index (χ0) is 13.6. The summed E-state index contributed by atoms with van der Waals surface area (Å²) in [6.07, 6.45) is 3.77. The standard InChI is InChI=1S/C12H21N3O3/c1-12(2,3)18-11(16)14-6-5-10-13-7-8-15(10)9-17-4/h7-8H,5-6,9H2,1-4H3,(H,14,16). The third-order valence-electron chi connectivity index (χ3n) is 2.09. The van der Waals surface area contributed by atoms with E-state index in [9.17, 15) is 4.79 Å². The van der Waals surface area contributed by atoms with Gasteiger partial charge in [-0.2, -0.15) is 0 Å². The first-order valence-electron chi connectivity index (χ1n) is 5.88. The maximum atomic E-state index is 11.4. The molecule has 0 unspecified atom stereocenters. The fraction of sp³-hybridized carbons (Fsp3) is 0.667. The predicted molar refractivity (Wildman–Crippen MR) is 67.2 cm³/mol. The SMILES string of the molecule is COCn1ccnc1CCNC(=O)OC(C)(C)C. The summed E-state index contributed by atoms with van der Waals surface area (Å²) in [6, 6.07) is 0. The van der Waals surface area contributed by atoms with Gasteiger partial charge in [0.15, 0.2) is 0 Å². The molecular formula is C12H21N3O3. The summed E-state index contributed by atoms with van der Waals surface area (Å²) in [4.78, 5) is 15.6. The van der Waals surface area contributed by atoms with E-state index < -0.39 is 11.7 Å². The number of alkyl carbamates (subject to hydrolysis) is 1. The molecule has 6 heteroatoms. The molecule has 1 aromatic heterocycles. The second-order valence-electron chi connectivity index (χ2n) is 4.91. The van der Waals surface area contributed by atoms with E-state index in [0.29, 0.717) is 19.7 Å². The first-order chi connectivity index (χ1) is 8.42. The molecule has 1 N–H and O–H groups in total. The van der Waals surface area contributed by atoms with Crippen LogP contribution >= 0.6 is 0 Å². The molecule has 102 valence electrons. The largest absolute Gasteiger partial charge is 0.444 e. The van der Waals surface area contributed by atoms with Crippen LogP contribution < -0.4 is 5.32 Å². The minimum Gasteiger partial charge on any atom is -0.444 e. The van der Waals surface area contributed by atoms with Crippen molar-refractivity contribution in [3.63, 3.8) is 0 Å². The summed E-state index contributed by atoms with van der Waals surface area (Å²) in [5, 5.41) is 2.69. The molecule has 0 aliphatic heterocycles. The maximum Gasteiger partial charge on any atom is 0.407 e. The Morgan fingerprint density at radius 1 is 1.50 bits per heavy atom. The molecule has 1 heterocycles. The third kappa shape index (κ3) is 5.18. The molecule has 0 saturated carbocycles. The van der Waals surface area contributed by atoms with Gasteiger partial charge >= 0.3 is 6.09 Å². The fourth-order valence-corrected chi connectivity index (χ4v) is 1.42. The van der Waals surface area contributed by atoms with Gasteiger partial charge in [-0.05, 0) is 20.8 Å². The highest BCUT2D eigenvalue weighted by Crippen LogP contribution is 2.06. The second-order valence-corrected chi connectivity index (χ2v) is 4.91. The van der Waals surface area contributed by atoms with Gasteiger partial charge in [-0.1, -0.05) is 0 Å². The summed E-state index contributed by atoms with van der Waals surface area (Å²) < 4.78 is 12.0. The number of carbonyl (C=O) groups excluding carboxylic acids is 1. The molecule has 0 aromatic carbocycles. The Kier molecular flexibility index (Phi) is 5.15. The van der Waals surface area contributed by atoms with Crippen molar-refractivity contribution >= 4 is 6.09 Å². The smallest absolute Gasteiger partial charge is 0.407 e. The van der Waals surface area contributed by atoms with Crippen LogP contribution in [-0.2, 0) is 22.6 Å². The summed E-state index contributed by atoms with van der Waals surface area (Å²) in [5.41, 5.74) is -0.474. The lowest BCUT2D eigenvalue weighted by Gasteiger charge is -2.19. The molecule has 0 aliphatic carbocycles. The van der Waals surface area contributed by atoms with Crippen LogP contribution in [0.1, 0.15) is 26.6 Å². The minimum atomic E-state index is -0.474. The molecule has 0 saturated heterocycles. The fourth-order valence-electron chi connectivity index (χ4n) is 1.42. The van der Waals surface area contributed by atoms with Crippen molar-refractivity contribution in [2.75, 3.05) is 13.7 Å². The van der Waals surface area contributed by atoms with Crippen LogP contribution in [0.2, 0.25) is 0 Å². The number of nitrogens with zero attached hydrogens (tertiary/aromatic N) is 2. The number of ether oxygens (including phenoxy) is 2. The van der Waals surface area contributed by atoms with Crippen LogP contribution in [0.25, 0.3) is 0 Å². The lowest BCUT2D eigenvalue weighted by molar-refractivity contribution is 0.0528. The van der Waals surface area contributed by atoms with Crippen molar-refractivity contribution in [1.82, 2.24) is 14.9 Å². The highest BCUT2D eigenvalue weighted by Gasteiger charge is 2.15. The number of carbonyl (C=O) groups is 1. The number of aromatic nitrogens is 2. The van der Waals surface area contributed by atoms with Gasteiger partial charge in [-0.15, -0.1) is 0 Å². The van der Waals surface area contributed by atoms with E-state index in [2.05, 4.69) is 10.3 Å². The van der Waals surface area contributed by atoms with Crippen LogP contribution in [0, 0.1) is 0 Å². The van der Waals surface area contributed by atoms with Crippen molar-refractivity contribution in [1.29, 1.82) is 0 Å². The lowest BCUT2D eigenvalue weighted by Crippen LogP contribution is -2.33. The number of hydrogen-bond acceptors (Lipinski definition) is 4. The van der Waals surface area contributed by atoms with E-state index in [1.165, 1.54) is 0 Å². The van der Waals surface area contributed by atoms with Crippen molar-refractivity contribution in [3.05, 3.63) is 18.2 Å². The van der Waals surface area contributed by atoms with Gasteiger partial charge < -0.3 is 19.4 Å². The Morgan fingerprint density at radius 2 is 2.22 bits per heavy atom. The Bertz CT molecular complexity index is 382. The normalized spacial score (nSPS) is 11.3. The van der Waals surface area contributed by atoms with Gasteiger partial charge in [0.05, 0.1) is 0 Å². The highest BCUT2D eigenvalue weighted by atomic mass is 16.6. The molecule has 0 radical (unpaired) electrons. The lowest BCUT2D eigenvalue weighted by atomic mass is 10.2. The van der Waals surface area contributed by atoms with Gasteiger partial charge in [0.2, 0.25) is 0 Å². The number of amides is 1. The van der Waals surface area contributed by atoms with E-state index in [1.807, 2.05) is 31.5 Å². The van der Waals surface area contributed by atoms with E-state index in [0.717, 1.165) is 5.82 Å². The molecule has 0 aliphatic rings. The van der Waals surface area contributed by atoms with Gasteiger partial charge in [0, 0.05) is 32.5 Å². The van der Waals surface area contributed by atoms with E-state index in [4.69, 9.17) is 9.47 Å². The topological polar surface area (TPSA) is 65.4 Å². The van der Waals surface area contributed by atoms with E-state index >= 15 is 0 Å². The average molecular weight is 255 g/mol. The zero-order valence-electron chi connectivity index (χ0n) is 11.4. The quantitative estimate of drug-likeness (QED) is 0.867. The number of rotatable bonds is 5. The monoisotopic (exact) mass is 255 g/mol.